The van der Waals surface area contributed by atoms with Crippen molar-refractivity contribution in [3.05, 3.63) is 35.9 Å². The van der Waals surface area contributed by atoms with Gasteiger partial charge in [-0.15, -0.1) is 0 Å². The predicted molar refractivity (Wildman–Crippen MR) is 90.4 cm³/mol. The molecule has 24 heavy (non-hydrogen) atoms. The van der Waals surface area contributed by atoms with Crippen LogP contribution in [0.4, 0.5) is 5.88 Å². The molecule has 2 aromatic rings. The Labute approximate surface area is 140 Å². The number of hydrazone groups is 1. The third kappa shape index (κ3) is 4.74. The largest absolute Gasteiger partial charge is 0.493 e. The van der Waals surface area contributed by atoms with E-state index in [1.165, 1.54) is 6.39 Å². The molecular weight excluding hydrogens is 308 g/mol. The molecule has 0 bridgehead atoms. The number of anilines is 1. The lowest BCUT2D eigenvalue weighted by Crippen LogP contribution is -2.03. The van der Waals surface area contributed by atoms with Crippen molar-refractivity contribution in [1.29, 1.82) is 5.26 Å². The molecule has 1 aromatic heterocycles. The van der Waals surface area contributed by atoms with Gasteiger partial charge in [-0.05, 0) is 36.1 Å². The molecule has 0 atom stereocenters. The van der Waals surface area contributed by atoms with Crippen molar-refractivity contribution in [2.75, 3.05) is 19.1 Å². The number of benzene rings is 1. The number of aromatic nitrogens is 1. The molecule has 126 valence electrons. The van der Waals surface area contributed by atoms with E-state index in [0.717, 1.165) is 12.0 Å². The number of nitrogens with zero attached hydrogens (tertiary/aromatic N) is 3. The Morgan fingerprint density at radius 3 is 2.96 bits per heavy atom. The molecule has 0 saturated heterocycles. The SMILES string of the molecule is COc1cc(/C=N\Nc2ocnc2C#N)ccc1OCCC(C)C. The molecule has 0 unspecified atom stereocenters. The van der Waals surface area contributed by atoms with Gasteiger partial charge in [0.05, 0.1) is 19.9 Å². The number of methoxy groups -OCH3 is 1. The summed E-state index contributed by atoms with van der Waals surface area (Å²) in [5.74, 6) is 2.13. The molecule has 1 heterocycles. The van der Waals surface area contributed by atoms with Crippen LogP contribution in [0.15, 0.2) is 34.1 Å². The molecule has 7 heteroatoms. The minimum Gasteiger partial charge on any atom is -0.493 e. The fourth-order valence-corrected chi connectivity index (χ4v) is 1.86. The summed E-state index contributed by atoms with van der Waals surface area (Å²) < 4.78 is 16.1. The fourth-order valence-electron chi connectivity index (χ4n) is 1.86. The number of nitrogens with one attached hydrogen (secondary N) is 1. The lowest BCUT2D eigenvalue weighted by molar-refractivity contribution is 0.273. The predicted octanol–water partition coefficient (Wildman–Crippen LogP) is 3.43. The Balaban J connectivity index is 2.01. The smallest absolute Gasteiger partial charge is 0.251 e. The third-order valence-electron chi connectivity index (χ3n) is 3.19. The second kappa shape index (κ2) is 8.58. The van der Waals surface area contributed by atoms with E-state index in [2.05, 4.69) is 29.4 Å². The van der Waals surface area contributed by atoms with Gasteiger partial charge in [0.15, 0.2) is 17.9 Å². The van der Waals surface area contributed by atoms with Gasteiger partial charge in [0.25, 0.3) is 5.88 Å². The topological polar surface area (TPSA) is 92.7 Å². The Morgan fingerprint density at radius 2 is 2.25 bits per heavy atom. The van der Waals surface area contributed by atoms with Crippen LogP contribution in [0.3, 0.4) is 0 Å². The minimum atomic E-state index is 0.152. The van der Waals surface area contributed by atoms with Crippen molar-refractivity contribution in [1.82, 2.24) is 4.98 Å². The molecule has 0 fully saturated rings. The van der Waals surface area contributed by atoms with Gasteiger partial charge < -0.3 is 13.9 Å². The number of rotatable bonds is 8. The second-order valence-corrected chi connectivity index (χ2v) is 5.45. The van der Waals surface area contributed by atoms with Crippen LogP contribution in [-0.4, -0.2) is 24.9 Å². The van der Waals surface area contributed by atoms with Gasteiger partial charge >= 0.3 is 0 Å². The maximum absolute atomic E-state index is 8.83. The first-order valence-corrected chi connectivity index (χ1v) is 7.57. The molecule has 0 aliphatic carbocycles. The summed E-state index contributed by atoms with van der Waals surface area (Å²) in [6.07, 6.45) is 3.75. The molecule has 0 aliphatic heterocycles. The van der Waals surface area contributed by atoms with E-state index >= 15 is 0 Å². The molecule has 7 nitrogen and oxygen atoms in total. The van der Waals surface area contributed by atoms with Crippen LogP contribution < -0.4 is 14.9 Å². The summed E-state index contributed by atoms with van der Waals surface area (Å²) in [5, 5.41) is 12.9. The summed E-state index contributed by atoms with van der Waals surface area (Å²) in [6.45, 7) is 4.95. The monoisotopic (exact) mass is 328 g/mol. The van der Waals surface area contributed by atoms with E-state index < -0.39 is 0 Å². The normalized spacial score (nSPS) is 10.8. The quantitative estimate of drug-likeness (QED) is 0.589. The standard InChI is InChI=1S/C17H20N4O3/c1-12(2)6-7-23-15-5-4-13(8-16(15)22-3)10-20-21-17-14(9-18)19-11-24-17/h4-5,8,10-12,21H,6-7H2,1-3H3/b20-10-. The lowest BCUT2D eigenvalue weighted by atomic mass is 10.1. The van der Waals surface area contributed by atoms with Crippen LogP contribution in [-0.2, 0) is 0 Å². The third-order valence-corrected chi connectivity index (χ3v) is 3.19. The maximum atomic E-state index is 8.83. The van der Waals surface area contributed by atoms with Crippen molar-refractivity contribution >= 4 is 12.1 Å². The van der Waals surface area contributed by atoms with Gasteiger partial charge in [-0.2, -0.15) is 10.4 Å². The maximum Gasteiger partial charge on any atom is 0.251 e. The molecule has 0 spiro atoms. The average Bonchev–Trinajstić information content (AvgIpc) is 3.03. The van der Waals surface area contributed by atoms with Gasteiger partial charge in [-0.3, -0.25) is 0 Å². The van der Waals surface area contributed by atoms with Crippen molar-refractivity contribution in [3.63, 3.8) is 0 Å². The number of oxazole rings is 1. The van der Waals surface area contributed by atoms with Crippen LogP contribution in [0.5, 0.6) is 11.5 Å². The Morgan fingerprint density at radius 1 is 1.42 bits per heavy atom. The van der Waals surface area contributed by atoms with Crippen molar-refractivity contribution in [3.8, 4) is 17.6 Å². The number of ether oxygens (including phenoxy) is 2. The summed E-state index contributed by atoms with van der Waals surface area (Å²) >= 11 is 0. The minimum absolute atomic E-state index is 0.152. The van der Waals surface area contributed by atoms with E-state index in [1.54, 1.807) is 13.3 Å². The van der Waals surface area contributed by atoms with Gasteiger partial charge in [0, 0.05) is 0 Å². The number of nitriles is 1. The van der Waals surface area contributed by atoms with Gasteiger partial charge in [-0.1, -0.05) is 13.8 Å². The van der Waals surface area contributed by atoms with E-state index in [4.69, 9.17) is 19.2 Å². The summed E-state index contributed by atoms with van der Waals surface area (Å²) in [6, 6.07) is 7.43. The Hall–Kier alpha value is -3.01. The van der Waals surface area contributed by atoms with Crippen LogP contribution in [0, 0.1) is 17.2 Å². The summed E-state index contributed by atoms with van der Waals surface area (Å²) in [7, 11) is 1.59. The van der Waals surface area contributed by atoms with Gasteiger partial charge in [0.1, 0.15) is 6.07 Å². The Kier molecular flexibility index (Phi) is 6.20. The zero-order chi connectivity index (χ0) is 17.4. The van der Waals surface area contributed by atoms with Crippen LogP contribution >= 0.6 is 0 Å². The highest BCUT2D eigenvalue weighted by Gasteiger charge is 2.07. The first-order chi connectivity index (χ1) is 11.6. The zero-order valence-corrected chi connectivity index (χ0v) is 13.9. The molecule has 1 aromatic carbocycles. The molecule has 0 amide bonds. The first-order valence-electron chi connectivity index (χ1n) is 7.57. The van der Waals surface area contributed by atoms with Crippen molar-refractivity contribution < 1.29 is 13.9 Å². The van der Waals surface area contributed by atoms with E-state index in [0.29, 0.717) is 24.0 Å². The second-order valence-electron chi connectivity index (χ2n) is 5.45. The van der Waals surface area contributed by atoms with Crippen LogP contribution in [0.25, 0.3) is 0 Å². The highest BCUT2D eigenvalue weighted by atomic mass is 16.5. The highest BCUT2D eigenvalue weighted by Crippen LogP contribution is 2.28. The average molecular weight is 328 g/mol. The van der Waals surface area contributed by atoms with Gasteiger partial charge in [-0.25, -0.2) is 10.4 Å². The molecule has 2 rings (SSSR count). The molecule has 1 N–H and O–H groups in total. The van der Waals surface area contributed by atoms with Crippen LogP contribution in [0.1, 0.15) is 31.5 Å². The van der Waals surface area contributed by atoms with Gasteiger partial charge in [0.2, 0.25) is 5.69 Å². The molecule has 0 aliphatic rings. The molecular formula is C17H20N4O3. The fraction of sp³-hybridized carbons (Fsp3) is 0.353. The Bertz CT molecular complexity index is 732. The summed E-state index contributed by atoms with van der Waals surface area (Å²) in [4.78, 5) is 3.74. The van der Waals surface area contributed by atoms with Crippen molar-refractivity contribution in [2.45, 2.75) is 20.3 Å². The van der Waals surface area contributed by atoms with E-state index in [-0.39, 0.29) is 11.6 Å². The number of hydrogen-bond donors (Lipinski definition) is 1. The van der Waals surface area contributed by atoms with E-state index in [1.807, 2.05) is 24.3 Å². The van der Waals surface area contributed by atoms with Crippen molar-refractivity contribution in [2.24, 2.45) is 11.0 Å². The van der Waals surface area contributed by atoms with Crippen LogP contribution in [0.2, 0.25) is 0 Å². The molecule has 0 radical (unpaired) electrons. The first kappa shape index (κ1) is 17.3. The number of hydrogen-bond acceptors (Lipinski definition) is 7. The zero-order valence-electron chi connectivity index (χ0n) is 13.9. The highest BCUT2D eigenvalue weighted by molar-refractivity contribution is 5.81. The van der Waals surface area contributed by atoms with E-state index in [9.17, 15) is 0 Å². The lowest BCUT2D eigenvalue weighted by Gasteiger charge is -2.12. The molecule has 0 saturated carbocycles. The summed E-state index contributed by atoms with van der Waals surface area (Å²) in [5.41, 5.74) is 3.60.